The molecule has 15 heavy (non-hydrogen) atoms. The van der Waals surface area contributed by atoms with Crippen molar-refractivity contribution in [1.82, 2.24) is 4.98 Å². The molecule has 0 aliphatic rings. The molecule has 1 aromatic heterocycles. The Balaban J connectivity index is 2.13. The molecule has 4 heteroatoms. The minimum absolute atomic E-state index is 0.0642. The topological polar surface area (TPSA) is 30.0 Å². The second-order valence-electron chi connectivity index (χ2n) is 3.10. The van der Waals surface area contributed by atoms with Crippen LogP contribution in [-0.4, -0.2) is 10.8 Å². The minimum Gasteiger partial charge on any atom is -0.292 e. The van der Waals surface area contributed by atoms with Crippen LogP contribution in [0.1, 0.15) is 16.1 Å². The summed E-state index contributed by atoms with van der Waals surface area (Å²) in [6, 6.07) is 7.75. The van der Waals surface area contributed by atoms with Gasteiger partial charge in [-0.15, -0.1) is 11.3 Å². The lowest BCUT2D eigenvalue weighted by Crippen LogP contribution is -2.03. The van der Waals surface area contributed by atoms with Crippen molar-refractivity contribution in [3.05, 3.63) is 50.9 Å². The van der Waals surface area contributed by atoms with Crippen LogP contribution in [0.15, 0.2) is 39.6 Å². The molecule has 2 rings (SSSR count). The first-order chi connectivity index (χ1) is 7.25. The van der Waals surface area contributed by atoms with Gasteiger partial charge in [0, 0.05) is 16.3 Å². The number of ketones is 1. The van der Waals surface area contributed by atoms with Crippen molar-refractivity contribution < 1.29 is 4.79 Å². The second-order valence-corrected chi connectivity index (χ2v) is 4.74. The average molecular weight is 282 g/mol. The predicted molar refractivity (Wildman–Crippen MR) is 64.3 cm³/mol. The maximum atomic E-state index is 11.7. The Kier molecular flexibility index (Phi) is 3.28. The van der Waals surface area contributed by atoms with Crippen LogP contribution in [0.5, 0.6) is 0 Å². The van der Waals surface area contributed by atoms with Crippen LogP contribution in [0, 0.1) is 0 Å². The largest absolute Gasteiger partial charge is 0.292 e. The summed E-state index contributed by atoms with van der Waals surface area (Å²) in [7, 11) is 0. The smallest absolute Gasteiger partial charge is 0.186 e. The third-order valence-corrected chi connectivity index (χ3v) is 3.05. The summed E-state index contributed by atoms with van der Waals surface area (Å²) >= 11 is 4.82. The van der Waals surface area contributed by atoms with Gasteiger partial charge >= 0.3 is 0 Å². The van der Waals surface area contributed by atoms with Gasteiger partial charge in [0.1, 0.15) is 5.69 Å². The maximum Gasteiger partial charge on any atom is 0.186 e. The molecule has 0 bridgehead atoms. The number of thiazole rings is 1. The Morgan fingerprint density at radius 2 is 2.33 bits per heavy atom. The highest BCUT2D eigenvalue weighted by Crippen LogP contribution is 2.14. The molecule has 0 fully saturated rings. The lowest BCUT2D eigenvalue weighted by molar-refractivity contribution is 0.0989. The molecule has 0 saturated heterocycles. The Morgan fingerprint density at radius 3 is 3.00 bits per heavy atom. The number of aromatic nitrogens is 1. The molecule has 1 aromatic carbocycles. The van der Waals surface area contributed by atoms with E-state index in [1.165, 1.54) is 11.3 Å². The molecule has 0 amide bonds. The number of carbonyl (C=O) groups excluding carboxylic acids is 1. The Morgan fingerprint density at radius 1 is 1.47 bits per heavy atom. The molecule has 76 valence electrons. The number of hydrogen-bond acceptors (Lipinski definition) is 3. The van der Waals surface area contributed by atoms with Crippen molar-refractivity contribution >= 4 is 33.0 Å². The Labute approximate surface area is 100 Å². The molecule has 0 unspecified atom stereocenters. The standard InChI is InChI=1S/C11H8BrNOS/c12-9-3-1-2-8(4-9)5-11(14)10-6-15-7-13-10/h1-4,6-7H,5H2. The van der Waals surface area contributed by atoms with Gasteiger partial charge in [-0.25, -0.2) is 4.98 Å². The first-order valence-corrected chi connectivity index (χ1v) is 6.15. The highest BCUT2D eigenvalue weighted by molar-refractivity contribution is 9.10. The fourth-order valence-electron chi connectivity index (χ4n) is 1.27. The number of rotatable bonds is 3. The first-order valence-electron chi connectivity index (χ1n) is 4.41. The van der Waals surface area contributed by atoms with Crippen molar-refractivity contribution in [2.24, 2.45) is 0 Å². The highest BCUT2D eigenvalue weighted by Gasteiger charge is 2.08. The number of nitrogens with zero attached hydrogens (tertiary/aromatic N) is 1. The number of benzene rings is 1. The van der Waals surface area contributed by atoms with Crippen molar-refractivity contribution in [1.29, 1.82) is 0 Å². The van der Waals surface area contributed by atoms with Gasteiger partial charge in [0.25, 0.3) is 0 Å². The number of halogens is 1. The lowest BCUT2D eigenvalue weighted by atomic mass is 10.1. The van der Waals surface area contributed by atoms with Crippen LogP contribution in [0.4, 0.5) is 0 Å². The number of Topliss-reactive ketones (excluding diaryl/α,β-unsaturated/α-hetero) is 1. The summed E-state index contributed by atoms with van der Waals surface area (Å²) in [6.07, 6.45) is 0.406. The van der Waals surface area contributed by atoms with E-state index in [2.05, 4.69) is 20.9 Å². The highest BCUT2D eigenvalue weighted by atomic mass is 79.9. The van der Waals surface area contributed by atoms with Crippen LogP contribution in [-0.2, 0) is 6.42 Å². The summed E-state index contributed by atoms with van der Waals surface area (Å²) in [6.45, 7) is 0. The number of carbonyl (C=O) groups is 1. The SMILES string of the molecule is O=C(Cc1cccc(Br)c1)c1cscn1. The molecule has 0 spiro atoms. The van der Waals surface area contributed by atoms with Crippen LogP contribution in [0.25, 0.3) is 0 Å². The molecular formula is C11H8BrNOS. The van der Waals surface area contributed by atoms with E-state index in [0.717, 1.165) is 10.0 Å². The van der Waals surface area contributed by atoms with Crippen molar-refractivity contribution in [2.75, 3.05) is 0 Å². The zero-order valence-electron chi connectivity index (χ0n) is 7.81. The summed E-state index contributed by atoms with van der Waals surface area (Å²) < 4.78 is 0.992. The van der Waals surface area contributed by atoms with E-state index in [-0.39, 0.29) is 5.78 Å². The monoisotopic (exact) mass is 281 g/mol. The Hall–Kier alpha value is -1.00. The van der Waals surface area contributed by atoms with Crippen LogP contribution >= 0.6 is 27.3 Å². The molecule has 0 aliphatic carbocycles. The van der Waals surface area contributed by atoms with Gasteiger partial charge in [0.2, 0.25) is 0 Å². The first kappa shape index (κ1) is 10.5. The van der Waals surface area contributed by atoms with E-state index in [4.69, 9.17) is 0 Å². The van der Waals surface area contributed by atoms with E-state index in [1.807, 2.05) is 24.3 Å². The van der Waals surface area contributed by atoms with Crippen LogP contribution in [0.2, 0.25) is 0 Å². The zero-order valence-corrected chi connectivity index (χ0v) is 10.2. The molecule has 0 saturated carbocycles. The Bertz CT molecular complexity index is 467. The molecule has 1 heterocycles. The summed E-state index contributed by atoms with van der Waals surface area (Å²) in [5.74, 6) is 0.0642. The molecule has 0 atom stereocenters. The fraction of sp³-hybridized carbons (Fsp3) is 0.0909. The summed E-state index contributed by atoms with van der Waals surface area (Å²) in [5.41, 5.74) is 3.23. The van der Waals surface area contributed by atoms with Crippen molar-refractivity contribution in [3.63, 3.8) is 0 Å². The number of hydrogen-bond donors (Lipinski definition) is 0. The van der Waals surface area contributed by atoms with Gasteiger partial charge in [-0.2, -0.15) is 0 Å². The normalized spacial score (nSPS) is 10.2. The van der Waals surface area contributed by atoms with Gasteiger partial charge in [0.15, 0.2) is 5.78 Å². The van der Waals surface area contributed by atoms with Gasteiger partial charge in [0.05, 0.1) is 5.51 Å². The summed E-state index contributed by atoms with van der Waals surface area (Å²) in [4.78, 5) is 15.7. The predicted octanol–water partition coefficient (Wildman–Crippen LogP) is 3.33. The molecule has 0 N–H and O–H groups in total. The van der Waals surface area contributed by atoms with Gasteiger partial charge in [-0.3, -0.25) is 4.79 Å². The van der Waals surface area contributed by atoms with Crippen molar-refractivity contribution in [2.45, 2.75) is 6.42 Å². The molecule has 2 aromatic rings. The van der Waals surface area contributed by atoms with Gasteiger partial charge < -0.3 is 0 Å². The van der Waals surface area contributed by atoms with Gasteiger partial charge in [-0.05, 0) is 17.7 Å². The van der Waals surface area contributed by atoms with Crippen LogP contribution < -0.4 is 0 Å². The second kappa shape index (κ2) is 4.68. The van der Waals surface area contributed by atoms with E-state index >= 15 is 0 Å². The van der Waals surface area contributed by atoms with Crippen molar-refractivity contribution in [3.8, 4) is 0 Å². The fourth-order valence-corrected chi connectivity index (χ4v) is 2.28. The maximum absolute atomic E-state index is 11.7. The average Bonchev–Trinajstić information content (AvgIpc) is 2.70. The summed E-state index contributed by atoms with van der Waals surface area (Å²) in [5, 5.41) is 1.78. The minimum atomic E-state index is 0.0642. The third-order valence-electron chi connectivity index (χ3n) is 1.97. The van der Waals surface area contributed by atoms with E-state index < -0.39 is 0 Å². The van der Waals surface area contributed by atoms with Gasteiger partial charge in [-0.1, -0.05) is 28.1 Å². The molecule has 2 nitrogen and oxygen atoms in total. The quantitative estimate of drug-likeness (QED) is 0.808. The lowest BCUT2D eigenvalue weighted by Gasteiger charge is -1.99. The molecule has 0 radical (unpaired) electrons. The van der Waals surface area contributed by atoms with E-state index in [0.29, 0.717) is 12.1 Å². The van der Waals surface area contributed by atoms with Crippen LogP contribution in [0.3, 0.4) is 0 Å². The third kappa shape index (κ3) is 2.73. The zero-order chi connectivity index (χ0) is 10.7. The van der Waals surface area contributed by atoms with E-state index in [1.54, 1.807) is 10.9 Å². The van der Waals surface area contributed by atoms with E-state index in [9.17, 15) is 4.79 Å². The molecular weight excluding hydrogens is 274 g/mol. The molecule has 0 aliphatic heterocycles.